The van der Waals surface area contributed by atoms with Crippen molar-refractivity contribution in [2.75, 3.05) is 5.32 Å². The summed E-state index contributed by atoms with van der Waals surface area (Å²) in [6.07, 6.45) is 0. The molecule has 0 aliphatic rings. The summed E-state index contributed by atoms with van der Waals surface area (Å²) in [5.74, 6) is -1.82. The van der Waals surface area contributed by atoms with E-state index in [0.717, 1.165) is 30.3 Å². The van der Waals surface area contributed by atoms with Gasteiger partial charge in [-0.25, -0.2) is 13.6 Å². The zero-order chi connectivity index (χ0) is 15.4. The molecule has 108 valence electrons. The molecule has 2 aromatic rings. The van der Waals surface area contributed by atoms with Crippen LogP contribution in [-0.2, 0) is 0 Å². The summed E-state index contributed by atoms with van der Waals surface area (Å²) in [5.41, 5.74) is 0.277. The minimum atomic E-state index is -0.813. The van der Waals surface area contributed by atoms with Crippen LogP contribution in [0.3, 0.4) is 0 Å². The molecule has 0 fully saturated rings. The summed E-state index contributed by atoms with van der Waals surface area (Å²) in [5, 5.41) is 4.27. The van der Waals surface area contributed by atoms with Crippen molar-refractivity contribution in [3.05, 3.63) is 64.7 Å². The molecule has 7 heteroatoms. The molecule has 0 radical (unpaired) electrons. The molecule has 3 amide bonds. The van der Waals surface area contributed by atoms with Crippen LogP contribution >= 0.6 is 11.6 Å². The number of benzene rings is 2. The average molecular weight is 311 g/mol. The zero-order valence-electron chi connectivity index (χ0n) is 10.5. The highest BCUT2D eigenvalue weighted by molar-refractivity contribution is 6.34. The molecule has 0 heterocycles. The topological polar surface area (TPSA) is 58.2 Å². The molecular formula is C14H9ClF2N2O2. The first-order valence-electron chi connectivity index (χ1n) is 5.78. The van der Waals surface area contributed by atoms with Gasteiger partial charge >= 0.3 is 6.03 Å². The molecule has 0 unspecified atom stereocenters. The van der Waals surface area contributed by atoms with Crippen LogP contribution < -0.4 is 10.6 Å². The highest BCUT2D eigenvalue weighted by Gasteiger charge is 2.14. The smallest absolute Gasteiger partial charge is 0.308 e. The molecule has 0 saturated heterocycles. The SMILES string of the molecule is O=C(NC(=O)c1ccc(F)cc1Cl)Nc1ccc(F)cc1. The third kappa shape index (κ3) is 4.00. The summed E-state index contributed by atoms with van der Waals surface area (Å²) in [6.45, 7) is 0. The Morgan fingerprint density at radius 1 is 0.952 bits per heavy atom. The number of anilines is 1. The van der Waals surface area contributed by atoms with Crippen LogP contribution in [-0.4, -0.2) is 11.9 Å². The van der Waals surface area contributed by atoms with Gasteiger partial charge in [0.2, 0.25) is 0 Å². The Labute approximate surface area is 123 Å². The van der Waals surface area contributed by atoms with E-state index < -0.39 is 23.6 Å². The lowest BCUT2D eigenvalue weighted by Crippen LogP contribution is -2.34. The average Bonchev–Trinajstić information content (AvgIpc) is 2.41. The zero-order valence-corrected chi connectivity index (χ0v) is 11.2. The maximum absolute atomic E-state index is 12.9. The van der Waals surface area contributed by atoms with E-state index >= 15 is 0 Å². The van der Waals surface area contributed by atoms with Crippen LogP contribution in [0.2, 0.25) is 5.02 Å². The standard InChI is InChI=1S/C14H9ClF2N2O2/c15-12-7-9(17)3-6-11(12)13(20)19-14(21)18-10-4-1-8(16)2-5-10/h1-7H,(H2,18,19,20,21). The Hall–Kier alpha value is -2.47. The number of nitrogens with one attached hydrogen (secondary N) is 2. The molecule has 0 saturated carbocycles. The fraction of sp³-hybridized carbons (Fsp3) is 0. The predicted molar refractivity (Wildman–Crippen MR) is 74.3 cm³/mol. The highest BCUT2D eigenvalue weighted by atomic mass is 35.5. The fourth-order valence-electron chi connectivity index (χ4n) is 1.54. The summed E-state index contributed by atoms with van der Waals surface area (Å²) < 4.78 is 25.6. The maximum Gasteiger partial charge on any atom is 0.326 e. The molecule has 0 aromatic heterocycles. The van der Waals surface area contributed by atoms with Crippen molar-refractivity contribution in [2.24, 2.45) is 0 Å². The molecule has 0 aliphatic heterocycles. The van der Waals surface area contributed by atoms with Crippen molar-refractivity contribution in [3.8, 4) is 0 Å². The molecule has 0 spiro atoms. The number of amides is 3. The molecule has 0 bridgehead atoms. The number of hydrogen-bond donors (Lipinski definition) is 2. The van der Waals surface area contributed by atoms with E-state index in [1.54, 1.807) is 0 Å². The lowest BCUT2D eigenvalue weighted by Gasteiger charge is -2.07. The Morgan fingerprint density at radius 2 is 1.57 bits per heavy atom. The number of imide groups is 1. The van der Waals surface area contributed by atoms with Crippen molar-refractivity contribution in [3.63, 3.8) is 0 Å². The van der Waals surface area contributed by atoms with Gasteiger partial charge in [0.1, 0.15) is 11.6 Å². The summed E-state index contributed by atoms with van der Waals surface area (Å²) in [4.78, 5) is 23.4. The lowest BCUT2D eigenvalue weighted by atomic mass is 10.2. The molecule has 4 nitrogen and oxygen atoms in total. The summed E-state index contributed by atoms with van der Waals surface area (Å²) in [7, 11) is 0. The highest BCUT2D eigenvalue weighted by Crippen LogP contribution is 2.17. The monoisotopic (exact) mass is 310 g/mol. The van der Waals surface area contributed by atoms with E-state index in [4.69, 9.17) is 11.6 Å². The van der Waals surface area contributed by atoms with Gasteiger partial charge in [-0.2, -0.15) is 0 Å². The maximum atomic E-state index is 12.9. The second-order valence-electron chi connectivity index (χ2n) is 4.04. The lowest BCUT2D eigenvalue weighted by molar-refractivity contribution is 0.0967. The van der Waals surface area contributed by atoms with Crippen LogP contribution in [0.5, 0.6) is 0 Å². The van der Waals surface area contributed by atoms with Crippen molar-refractivity contribution in [1.29, 1.82) is 0 Å². The first-order chi connectivity index (χ1) is 9.95. The van der Waals surface area contributed by atoms with E-state index in [-0.39, 0.29) is 10.6 Å². The Kier molecular flexibility index (Phi) is 4.49. The number of rotatable bonds is 2. The number of halogens is 3. The predicted octanol–water partition coefficient (Wildman–Crippen LogP) is 3.58. The van der Waals surface area contributed by atoms with Gasteiger partial charge in [0, 0.05) is 5.69 Å². The van der Waals surface area contributed by atoms with Crippen molar-refractivity contribution >= 4 is 29.2 Å². The van der Waals surface area contributed by atoms with Gasteiger partial charge in [-0.1, -0.05) is 11.6 Å². The van der Waals surface area contributed by atoms with Gasteiger partial charge in [0.25, 0.3) is 5.91 Å². The number of urea groups is 1. The van der Waals surface area contributed by atoms with Gasteiger partial charge in [-0.05, 0) is 42.5 Å². The molecule has 2 N–H and O–H groups in total. The van der Waals surface area contributed by atoms with Gasteiger partial charge < -0.3 is 5.32 Å². The van der Waals surface area contributed by atoms with Crippen molar-refractivity contribution in [2.45, 2.75) is 0 Å². The Balaban J connectivity index is 2.02. The van der Waals surface area contributed by atoms with E-state index in [1.807, 2.05) is 5.32 Å². The van der Waals surface area contributed by atoms with Gasteiger partial charge in [0.15, 0.2) is 0 Å². The molecule has 21 heavy (non-hydrogen) atoms. The Bertz CT molecular complexity index is 690. The minimum absolute atomic E-state index is 0.0349. The third-order valence-corrected chi connectivity index (χ3v) is 2.82. The van der Waals surface area contributed by atoms with E-state index in [1.165, 1.54) is 12.1 Å². The number of carbonyl (C=O) groups excluding carboxylic acids is 2. The van der Waals surface area contributed by atoms with Gasteiger partial charge in [-0.3, -0.25) is 10.1 Å². The molecule has 0 aliphatic carbocycles. The van der Waals surface area contributed by atoms with Gasteiger partial charge in [0.05, 0.1) is 10.6 Å². The fourth-order valence-corrected chi connectivity index (χ4v) is 1.79. The van der Waals surface area contributed by atoms with Crippen LogP contribution in [0.1, 0.15) is 10.4 Å². The first-order valence-corrected chi connectivity index (χ1v) is 6.16. The van der Waals surface area contributed by atoms with Crippen LogP contribution in [0.4, 0.5) is 19.3 Å². The van der Waals surface area contributed by atoms with E-state index in [9.17, 15) is 18.4 Å². The van der Waals surface area contributed by atoms with Crippen LogP contribution in [0, 0.1) is 11.6 Å². The minimum Gasteiger partial charge on any atom is -0.308 e. The van der Waals surface area contributed by atoms with Crippen molar-refractivity contribution in [1.82, 2.24) is 5.32 Å². The van der Waals surface area contributed by atoms with E-state index in [0.29, 0.717) is 5.69 Å². The molecule has 0 atom stereocenters. The largest absolute Gasteiger partial charge is 0.326 e. The second kappa shape index (κ2) is 6.32. The van der Waals surface area contributed by atoms with Gasteiger partial charge in [-0.15, -0.1) is 0 Å². The second-order valence-corrected chi connectivity index (χ2v) is 4.45. The Morgan fingerprint density at radius 3 is 2.19 bits per heavy atom. The van der Waals surface area contributed by atoms with Crippen molar-refractivity contribution < 1.29 is 18.4 Å². The third-order valence-electron chi connectivity index (χ3n) is 2.50. The molecular weight excluding hydrogens is 302 g/mol. The summed E-state index contributed by atoms with van der Waals surface area (Å²) >= 11 is 5.71. The van der Waals surface area contributed by atoms with E-state index in [2.05, 4.69) is 5.32 Å². The summed E-state index contributed by atoms with van der Waals surface area (Å²) in [6, 6.07) is 7.37. The normalized spacial score (nSPS) is 10.0. The quantitative estimate of drug-likeness (QED) is 0.890. The molecule has 2 aromatic carbocycles. The molecule has 2 rings (SSSR count). The van der Waals surface area contributed by atoms with Crippen LogP contribution in [0.15, 0.2) is 42.5 Å². The first kappa shape index (κ1) is 14.9. The van der Waals surface area contributed by atoms with Crippen LogP contribution in [0.25, 0.3) is 0 Å². The number of carbonyl (C=O) groups is 2. The number of hydrogen-bond acceptors (Lipinski definition) is 2.